The first-order valence-electron chi connectivity index (χ1n) is 6.94. The zero-order chi connectivity index (χ0) is 12.4. The first kappa shape index (κ1) is 12.6. The minimum atomic E-state index is 0.902. The molecule has 18 heavy (non-hydrogen) atoms. The van der Waals surface area contributed by atoms with Crippen molar-refractivity contribution in [2.45, 2.75) is 32.1 Å². The van der Waals surface area contributed by atoms with E-state index in [0.717, 1.165) is 17.6 Å². The first-order valence-corrected chi connectivity index (χ1v) is 8.45. The normalized spacial score (nSPS) is 17.2. The summed E-state index contributed by atoms with van der Waals surface area (Å²) in [6.45, 7) is 0. The highest BCUT2D eigenvalue weighted by molar-refractivity contribution is 7.80. The number of fused-ring (bicyclic) bond motifs is 1. The van der Waals surface area contributed by atoms with Crippen molar-refractivity contribution >= 4 is 34.7 Å². The molecular formula is C16H20S2. The Morgan fingerprint density at radius 3 is 2.89 bits per heavy atom. The molecule has 0 bridgehead atoms. The maximum absolute atomic E-state index is 4.36. The van der Waals surface area contributed by atoms with E-state index in [1.807, 2.05) is 11.3 Å². The van der Waals surface area contributed by atoms with E-state index in [4.69, 9.17) is 0 Å². The van der Waals surface area contributed by atoms with E-state index in [9.17, 15) is 0 Å². The smallest absolute Gasteiger partial charge is 0.0127 e. The molecule has 0 radical (unpaired) electrons. The van der Waals surface area contributed by atoms with Gasteiger partial charge in [-0.15, -0.1) is 11.3 Å². The molecule has 1 aromatic carbocycles. The Balaban J connectivity index is 1.77. The minimum Gasteiger partial charge on any atom is -0.179 e. The van der Waals surface area contributed by atoms with Gasteiger partial charge in [-0.3, -0.25) is 0 Å². The molecule has 1 fully saturated rings. The summed E-state index contributed by atoms with van der Waals surface area (Å²) in [5.74, 6) is 2.94. The van der Waals surface area contributed by atoms with Gasteiger partial charge in [0.05, 0.1) is 0 Å². The number of hydrogen-bond acceptors (Lipinski definition) is 2. The maximum Gasteiger partial charge on any atom is 0.0127 e. The second-order valence-corrected chi connectivity index (χ2v) is 6.83. The van der Waals surface area contributed by atoms with Gasteiger partial charge >= 0.3 is 0 Å². The Bertz CT molecular complexity index is 511. The SMILES string of the molecule is SCCCC(Cc1scc2ccccc12)C1CC1. The van der Waals surface area contributed by atoms with Crippen molar-refractivity contribution in [3.63, 3.8) is 0 Å². The Morgan fingerprint density at radius 1 is 1.28 bits per heavy atom. The summed E-state index contributed by atoms with van der Waals surface area (Å²) in [7, 11) is 0. The van der Waals surface area contributed by atoms with E-state index in [1.54, 1.807) is 4.88 Å². The summed E-state index contributed by atoms with van der Waals surface area (Å²) in [6, 6.07) is 8.81. The van der Waals surface area contributed by atoms with Gasteiger partial charge in [-0.05, 0) is 65.8 Å². The molecule has 0 aliphatic heterocycles. The number of hydrogen-bond donors (Lipinski definition) is 1. The zero-order valence-electron chi connectivity index (χ0n) is 10.6. The summed E-state index contributed by atoms with van der Waals surface area (Å²) >= 11 is 6.31. The van der Waals surface area contributed by atoms with Crippen LogP contribution in [0.1, 0.15) is 30.6 Å². The first-order chi connectivity index (χ1) is 8.88. The van der Waals surface area contributed by atoms with E-state index >= 15 is 0 Å². The molecule has 1 atom stereocenters. The van der Waals surface area contributed by atoms with Crippen LogP contribution in [-0.2, 0) is 6.42 Å². The molecule has 1 aliphatic rings. The van der Waals surface area contributed by atoms with Crippen LogP contribution in [-0.4, -0.2) is 5.75 Å². The van der Waals surface area contributed by atoms with Gasteiger partial charge in [0.15, 0.2) is 0 Å². The Hall–Kier alpha value is -0.470. The lowest BCUT2D eigenvalue weighted by Gasteiger charge is -2.15. The highest BCUT2D eigenvalue weighted by Gasteiger charge is 2.31. The van der Waals surface area contributed by atoms with Crippen molar-refractivity contribution in [1.82, 2.24) is 0 Å². The third kappa shape index (κ3) is 2.75. The maximum atomic E-state index is 4.36. The predicted molar refractivity (Wildman–Crippen MR) is 84.8 cm³/mol. The Morgan fingerprint density at radius 2 is 2.11 bits per heavy atom. The molecule has 96 valence electrons. The minimum absolute atomic E-state index is 0.902. The van der Waals surface area contributed by atoms with Gasteiger partial charge in [-0.1, -0.05) is 24.3 Å². The zero-order valence-corrected chi connectivity index (χ0v) is 12.4. The van der Waals surface area contributed by atoms with Gasteiger partial charge in [0.25, 0.3) is 0 Å². The van der Waals surface area contributed by atoms with Crippen LogP contribution < -0.4 is 0 Å². The third-order valence-electron chi connectivity index (χ3n) is 4.06. The number of benzene rings is 1. The van der Waals surface area contributed by atoms with Gasteiger partial charge in [-0.2, -0.15) is 12.6 Å². The average Bonchev–Trinajstić information content (AvgIpc) is 3.17. The van der Waals surface area contributed by atoms with Crippen LogP contribution in [0.15, 0.2) is 29.6 Å². The van der Waals surface area contributed by atoms with Gasteiger partial charge in [0, 0.05) is 4.88 Å². The summed E-state index contributed by atoms with van der Waals surface area (Å²) in [4.78, 5) is 1.60. The van der Waals surface area contributed by atoms with Crippen LogP contribution in [0.25, 0.3) is 10.8 Å². The molecule has 0 amide bonds. The fraction of sp³-hybridized carbons (Fsp3) is 0.500. The highest BCUT2D eigenvalue weighted by Crippen LogP contribution is 2.42. The molecule has 0 spiro atoms. The molecule has 0 nitrogen and oxygen atoms in total. The summed E-state index contributed by atoms with van der Waals surface area (Å²) < 4.78 is 0. The van der Waals surface area contributed by atoms with Crippen LogP contribution in [0.2, 0.25) is 0 Å². The van der Waals surface area contributed by atoms with Crippen molar-refractivity contribution in [2.75, 3.05) is 5.75 Å². The van der Waals surface area contributed by atoms with Crippen molar-refractivity contribution in [1.29, 1.82) is 0 Å². The second kappa shape index (κ2) is 5.66. The number of thiol groups is 1. The largest absolute Gasteiger partial charge is 0.179 e. The van der Waals surface area contributed by atoms with Crippen molar-refractivity contribution in [3.8, 4) is 0 Å². The standard InChI is InChI=1S/C16H20S2/c17-9-3-5-13(12-7-8-12)10-16-15-6-2-1-4-14(15)11-18-16/h1-2,4,6,11-13,17H,3,5,7-10H2. The molecule has 0 saturated heterocycles. The van der Waals surface area contributed by atoms with Crippen LogP contribution in [0.5, 0.6) is 0 Å². The second-order valence-electron chi connectivity index (χ2n) is 5.41. The van der Waals surface area contributed by atoms with Crippen LogP contribution >= 0.6 is 24.0 Å². The topological polar surface area (TPSA) is 0 Å². The van der Waals surface area contributed by atoms with Crippen molar-refractivity contribution in [2.24, 2.45) is 11.8 Å². The average molecular weight is 276 g/mol. The molecule has 3 rings (SSSR count). The third-order valence-corrected chi connectivity index (χ3v) is 5.42. The van der Waals surface area contributed by atoms with Crippen molar-refractivity contribution < 1.29 is 0 Å². The molecule has 2 aromatic rings. The summed E-state index contributed by atoms with van der Waals surface area (Å²) in [5.41, 5.74) is 0. The van der Waals surface area contributed by atoms with E-state index < -0.39 is 0 Å². The van der Waals surface area contributed by atoms with Crippen LogP contribution in [0, 0.1) is 11.8 Å². The quantitative estimate of drug-likeness (QED) is 0.690. The molecule has 1 saturated carbocycles. The molecule has 1 aliphatic carbocycles. The van der Waals surface area contributed by atoms with Gasteiger partial charge in [0.1, 0.15) is 0 Å². The van der Waals surface area contributed by atoms with Gasteiger partial charge in [-0.25, -0.2) is 0 Å². The van der Waals surface area contributed by atoms with Gasteiger partial charge in [0.2, 0.25) is 0 Å². The molecule has 1 unspecified atom stereocenters. The summed E-state index contributed by atoms with van der Waals surface area (Å²) in [6.07, 6.45) is 6.84. The molecule has 1 aromatic heterocycles. The number of rotatable bonds is 6. The highest BCUT2D eigenvalue weighted by atomic mass is 32.1. The van der Waals surface area contributed by atoms with E-state index in [2.05, 4.69) is 42.3 Å². The van der Waals surface area contributed by atoms with Crippen molar-refractivity contribution in [3.05, 3.63) is 34.5 Å². The molecule has 0 N–H and O–H groups in total. The van der Waals surface area contributed by atoms with E-state index in [-0.39, 0.29) is 0 Å². The fourth-order valence-corrected chi connectivity index (χ4v) is 4.15. The predicted octanol–water partition coefficient (Wildman–Crippen LogP) is 5.18. The van der Waals surface area contributed by atoms with E-state index in [0.29, 0.717) is 0 Å². The number of thiophene rings is 1. The lowest BCUT2D eigenvalue weighted by molar-refractivity contribution is 0.426. The van der Waals surface area contributed by atoms with E-state index in [1.165, 1.54) is 42.9 Å². The van der Waals surface area contributed by atoms with Crippen LogP contribution in [0.3, 0.4) is 0 Å². The molecular weight excluding hydrogens is 256 g/mol. The summed E-state index contributed by atoms with van der Waals surface area (Å²) in [5, 5.41) is 5.22. The Labute approximate surface area is 119 Å². The van der Waals surface area contributed by atoms with Gasteiger partial charge < -0.3 is 0 Å². The lowest BCUT2D eigenvalue weighted by Crippen LogP contribution is -2.06. The Kier molecular flexibility index (Phi) is 3.95. The fourth-order valence-electron chi connectivity index (χ4n) is 2.87. The monoisotopic (exact) mass is 276 g/mol. The molecule has 2 heteroatoms. The molecule has 1 heterocycles. The van der Waals surface area contributed by atoms with Crippen LogP contribution in [0.4, 0.5) is 0 Å². The lowest BCUT2D eigenvalue weighted by atomic mass is 9.93.